The molecule has 3 rings (SSSR count). The number of nitrogens with one attached hydrogen (secondary N) is 1. The monoisotopic (exact) mass is 353 g/mol. The van der Waals surface area contributed by atoms with Crippen LogP contribution in [0.25, 0.3) is 10.2 Å². The van der Waals surface area contributed by atoms with E-state index < -0.39 is 0 Å². The van der Waals surface area contributed by atoms with Crippen LogP contribution in [0.3, 0.4) is 0 Å². The molecule has 2 heterocycles. The van der Waals surface area contributed by atoms with Crippen LogP contribution in [0.5, 0.6) is 0 Å². The van der Waals surface area contributed by atoms with Gasteiger partial charge in [-0.15, -0.1) is 11.3 Å². The molecule has 1 N–H and O–H groups in total. The number of halogens is 2. The summed E-state index contributed by atoms with van der Waals surface area (Å²) in [4.78, 5) is 9.34. The minimum Gasteiger partial charge on any atom is -0.365 e. The maximum Gasteiger partial charge on any atom is 0.225 e. The van der Waals surface area contributed by atoms with Crippen LogP contribution in [0.1, 0.15) is 5.56 Å². The van der Waals surface area contributed by atoms with Gasteiger partial charge in [-0.1, -0.05) is 28.1 Å². The van der Waals surface area contributed by atoms with E-state index >= 15 is 0 Å². The molecule has 0 fully saturated rings. The standard InChI is InChI=1S/C13H9BrClN3S/c14-9-3-1-8(2-4-9)7-16-11-10-5-6-19-12(10)18-13(15)17-11/h1-6H,7H2,(H,16,17,18). The van der Waals surface area contributed by atoms with Crippen LogP contribution < -0.4 is 5.32 Å². The van der Waals surface area contributed by atoms with Crippen molar-refractivity contribution in [2.24, 2.45) is 0 Å². The first-order chi connectivity index (χ1) is 9.22. The summed E-state index contributed by atoms with van der Waals surface area (Å²) in [6.07, 6.45) is 0. The van der Waals surface area contributed by atoms with Gasteiger partial charge in [-0.05, 0) is 40.7 Å². The molecule has 0 aliphatic heterocycles. The van der Waals surface area contributed by atoms with Crippen molar-refractivity contribution in [3.63, 3.8) is 0 Å². The van der Waals surface area contributed by atoms with Crippen molar-refractivity contribution in [1.82, 2.24) is 9.97 Å². The number of benzene rings is 1. The van der Waals surface area contributed by atoms with Crippen LogP contribution in [0, 0.1) is 0 Å². The van der Waals surface area contributed by atoms with Gasteiger partial charge >= 0.3 is 0 Å². The van der Waals surface area contributed by atoms with Gasteiger partial charge in [0.15, 0.2) is 0 Å². The summed E-state index contributed by atoms with van der Waals surface area (Å²) >= 11 is 10.9. The summed E-state index contributed by atoms with van der Waals surface area (Å²) in [7, 11) is 0. The van der Waals surface area contributed by atoms with Crippen molar-refractivity contribution < 1.29 is 0 Å². The summed E-state index contributed by atoms with van der Waals surface area (Å²) in [5.41, 5.74) is 1.18. The fourth-order valence-corrected chi connectivity index (χ4v) is 3.00. The number of anilines is 1. The first-order valence-electron chi connectivity index (χ1n) is 5.61. The Hall–Kier alpha value is -1.17. The average molecular weight is 355 g/mol. The highest BCUT2D eigenvalue weighted by molar-refractivity contribution is 9.10. The minimum atomic E-state index is 0.272. The molecule has 19 heavy (non-hydrogen) atoms. The highest BCUT2D eigenvalue weighted by Crippen LogP contribution is 2.26. The van der Waals surface area contributed by atoms with E-state index in [0.717, 1.165) is 20.5 Å². The predicted octanol–water partition coefficient (Wildman–Crippen LogP) is 4.72. The molecule has 0 amide bonds. The maximum absolute atomic E-state index is 5.92. The topological polar surface area (TPSA) is 37.8 Å². The van der Waals surface area contributed by atoms with Gasteiger partial charge in [0.2, 0.25) is 5.28 Å². The molecule has 3 aromatic rings. The highest BCUT2D eigenvalue weighted by atomic mass is 79.9. The molecule has 3 nitrogen and oxygen atoms in total. The number of rotatable bonds is 3. The smallest absolute Gasteiger partial charge is 0.225 e. The third-order valence-corrected chi connectivity index (χ3v) is 4.18. The van der Waals surface area contributed by atoms with Crippen LogP contribution in [0.4, 0.5) is 5.82 Å². The number of aromatic nitrogens is 2. The lowest BCUT2D eigenvalue weighted by Crippen LogP contribution is -2.02. The average Bonchev–Trinajstić information content (AvgIpc) is 2.85. The van der Waals surface area contributed by atoms with Gasteiger partial charge in [-0.25, -0.2) is 9.97 Å². The Kier molecular flexibility index (Phi) is 3.68. The Bertz CT molecular complexity index is 711. The Morgan fingerprint density at radius 3 is 2.74 bits per heavy atom. The zero-order chi connectivity index (χ0) is 13.2. The molecule has 0 radical (unpaired) electrons. The number of hydrogen-bond acceptors (Lipinski definition) is 4. The van der Waals surface area contributed by atoms with E-state index in [4.69, 9.17) is 11.6 Å². The second kappa shape index (κ2) is 5.45. The quantitative estimate of drug-likeness (QED) is 0.692. The molecule has 0 aliphatic carbocycles. The Labute approximate surface area is 127 Å². The fraction of sp³-hybridized carbons (Fsp3) is 0.0769. The van der Waals surface area contributed by atoms with E-state index in [1.807, 2.05) is 23.6 Å². The molecule has 0 unspecified atom stereocenters. The molecule has 6 heteroatoms. The van der Waals surface area contributed by atoms with Crippen molar-refractivity contribution in [2.45, 2.75) is 6.54 Å². The molecule has 0 saturated carbocycles. The van der Waals surface area contributed by atoms with Crippen molar-refractivity contribution in [1.29, 1.82) is 0 Å². The molecule has 0 saturated heterocycles. The Balaban J connectivity index is 1.85. The summed E-state index contributed by atoms with van der Waals surface area (Å²) in [6.45, 7) is 0.700. The lowest BCUT2D eigenvalue weighted by atomic mass is 10.2. The van der Waals surface area contributed by atoms with Crippen LogP contribution in [-0.2, 0) is 6.54 Å². The molecule has 0 spiro atoms. The second-order valence-electron chi connectivity index (χ2n) is 3.96. The van der Waals surface area contributed by atoms with Crippen LogP contribution in [-0.4, -0.2) is 9.97 Å². The molecule has 2 aromatic heterocycles. The van der Waals surface area contributed by atoms with Crippen molar-refractivity contribution in [3.05, 3.63) is 51.0 Å². The third-order valence-electron chi connectivity index (χ3n) is 2.67. The summed E-state index contributed by atoms with van der Waals surface area (Å²) in [6, 6.07) is 10.2. The molecule has 96 valence electrons. The molecule has 0 aliphatic rings. The van der Waals surface area contributed by atoms with E-state index in [-0.39, 0.29) is 5.28 Å². The van der Waals surface area contributed by atoms with E-state index in [2.05, 4.69) is 43.3 Å². The van der Waals surface area contributed by atoms with E-state index in [1.54, 1.807) is 11.3 Å². The van der Waals surface area contributed by atoms with Gasteiger partial charge in [-0.3, -0.25) is 0 Å². The first kappa shape index (κ1) is 12.8. The van der Waals surface area contributed by atoms with Gasteiger partial charge in [-0.2, -0.15) is 0 Å². The highest BCUT2D eigenvalue weighted by Gasteiger charge is 2.07. The van der Waals surface area contributed by atoms with Gasteiger partial charge in [0.1, 0.15) is 10.6 Å². The molecule has 0 atom stereocenters. The van der Waals surface area contributed by atoms with Crippen molar-refractivity contribution in [2.75, 3.05) is 5.32 Å². The zero-order valence-electron chi connectivity index (χ0n) is 9.73. The largest absolute Gasteiger partial charge is 0.365 e. The van der Waals surface area contributed by atoms with E-state index in [0.29, 0.717) is 6.54 Å². The van der Waals surface area contributed by atoms with Crippen LogP contribution >= 0.6 is 38.9 Å². The number of hydrogen-bond donors (Lipinski definition) is 1. The Morgan fingerprint density at radius 1 is 1.16 bits per heavy atom. The maximum atomic E-state index is 5.92. The van der Waals surface area contributed by atoms with E-state index in [1.165, 1.54) is 5.56 Å². The second-order valence-corrected chi connectivity index (χ2v) is 6.11. The predicted molar refractivity (Wildman–Crippen MR) is 83.9 cm³/mol. The minimum absolute atomic E-state index is 0.272. The first-order valence-corrected chi connectivity index (χ1v) is 7.66. The van der Waals surface area contributed by atoms with Gasteiger partial charge in [0, 0.05) is 11.0 Å². The summed E-state index contributed by atoms with van der Waals surface area (Å²) in [5, 5.41) is 6.57. The van der Waals surface area contributed by atoms with Crippen molar-refractivity contribution >= 4 is 54.9 Å². The van der Waals surface area contributed by atoms with Crippen LogP contribution in [0.15, 0.2) is 40.2 Å². The summed E-state index contributed by atoms with van der Waals surface area (Å²) in [5.74, 6) is 0.777. The van der Waals surface area contributed by atoms with Crippen molar-refractivity contribution in [3.8, 4) is 0 Å². The molecular weight excluding hydrogens is 346 g/mol. The van der Waals surface area contributed by atoms with E-state index in [9.17, 15) is 0 Å². The normalized spacial score (nSPS) is 10.8. The number of fused-ring (bicyclic) bond motifs is 1. The lowest BCUT2D eigenvalue weighted by molar-refractivity contribution is 1.10. The van der Waals surface area contributed by atoms with Gasteiger partial charge in [0.25, 0.3) is 0 Å². The molecular formula is C13H9BrClN3S. The lowest BCUT2D eigenvalue weighted by Gasteiger charge is -2.07. The SMILES string of the molecule is Clc1nc(NCc2ccc(Br)cc2)c2ccsc2n1. The summed E-state index contributed by atoms with van der Waals surface area (Å²) < 4.78 is 1.07. The molecule has 0 bridgehead atoms. The number of thiophene rings is 1. The van der Waals surface area contributed by atoms with Gasteiger partial charge < -0.3 is 5.32 Å². The molecule has 1 aromatic carbocycles. The fourth-order valence-electron chi connectivity index (χ4n) is 1.75. The van der Waals surface area contributed by atoms with Gasteiger partial charge in [0.05, 0.1) is 5.39 Å². The third kappa shape index (κ3) is 2.88. The van der Waals surface area contributed by atoms with Crippen LogP contribution in [0.2, 0.25) is 5.28 Å². The Morgan fingerprint density at radius 2 is 1.95 bits per heavy atom. The number of nitrogens with zero attached hydrogens (tertiary/aromatic N) is 2. The zero-order valence-corrected chi connectivity index (χ0v) is 12.9.